The number of rotatable bonds is 4. The number of carbonyl (C=O) groups is 1. The van der Waals surface area contributed by atoms with E-state index >= 15 is 0 Å². The highest BCUT2D eigenvalue weighted by molar-refractivity contribution is 5.98. The first-order chi connectivity index (χ1) is 8.64. The first-order valence-electron chi connectivity index (χ1n) is 6.32. The largest absolute Gasteiger partial charge is 0.380 e. The molecule has 0 bridgehead atoms. The minimum atomic E-state index is -0.683. The number of carbonyl (C=O) groups excluding carboxylic acids is 1. The summed E-state index contributed by atoms with van der Waals surface area (Å²) in [5, 5.41) is 2.90. The Balaban J connectivity index is 0.00000180. The van der Waals surface area contributed by atoms with Gasteiger partial charge in [-0.1, -0.05) is 25.0 Å². The molecule has 1 fully saturated rings. The van der Waals surface area contributed by atoms with Crippen LogP contribution in [0.4, 0.5) is 5.69 Å². The van der Waals surface area contributed by atoms with Gasteiger partial charge in [0.15, 0.2) is 0 Å². The monoisotopic (exact) mass is 284 g/mol. The molecule has 0 spiro atoms. The molecule has 5 heteroatoms. The molecule has 1 aliphatic rings. The number of hydrogen-bond acceptors (Lipinski definition) is 3. The summed E-state index contributed by atoms with van der Waals surface area (Å²) in [7, 11) is 1.65. The maximum atomic E-state index is 12.1. The Labute approximate surface area is 120 Å². The van der Waals surface area contributed by atoms with Crippen LogP contribution in [0.1, 0.15) is 31.2 Å². The van der Waals surface area contributed by atoms with Crippen molar-refractivity contribution in [1.29, 1.82) is 0 Å². The molecule has 4 nitrogen and oxygen atoms in total. The molecule has 1 aliphatic carbocycles. The van der Waals surface area contributed by atoms with Crippen molar-refractivity contribution in [2.75, 3.05) is 12.4 Å². The molecule has 1 amide bonds. The lowest BCUT2D eigenvalue weighted by molar-refractivity contribution is -0.121. The van der Waals surface area contributed by atoms with Gasteiger partial charge in [0.1, 0.15) is 0 Å². The fraction of sp³-hybridized carbons (Fsp3) is 0.500. The molecule has 0 radical (unpaired) electrons. The number of hydrogen-bond donors (Lipinski definition) is 2. The maximum absolute atomic E-state index is 12.1. The maximum Gasteiger partial charge on any atom is 0.244 e. The van der Waals surface area contributed by atoms with E-state index < -0.39 is 5.54 Å². The molecule has 106 valence electrons. The van der Waals surface area contributed by atoms with Gasteiger partial charge >= 0.3 is 0 Å². The molecule has 1 aromatic carbocycles. The molecular formula is C14H21ClN2O2. The number of benzene rings is 1. The van der Waals surface area contributed by atoms with Gasteiger partial charge < -0.3 is 15.8 Å². The van der Waals surface area contributed by atoms with Crippen LogP contribution in [0.15, 0.2) is 24.3 Å². The third-order valence-corrected chi connectivity index (χ3v) is 3.44. The minimum Gasteiger partial charge on any atom is -0.380 e. The standard InChI is InChI=1S/C14H20N2O2.ClH/c1-18-10-11-5-4-6-12(9-11)16-13(17)14(15)7-2-3-8-14;/h4-6,9H,2-3,7-8,10,15H2,1H3,(H,16,17);1H. The lowest BCUT2D eigenvalue weighted by Crippen LogP contribution is -2.48. The van der Waals surface area contributed by atoms with E-state index in [1.54, 1.807) is 7.11 Å². The average molecular weight is 285 g/mol. The molecule has 0 heterocycles. The predicted octanol–water partition coefficient (Wildman–Crippen LogP) is 2.46. The zero-order valence-electron chi connectivity index (χ0n) is 11.1. The van der Waals surface area contributed by atoms with Crippen LogP contribution < -0.4 is 11.1 Å². The summed E-state index contributed by atoms with van der Waals surface area (Å²) in [6.45, 7) is 0.539. The molecule has 0 atom stereocenters. The number of nitrogens with one attached hydrogen (secondary N) is 1. The number of nitrogens with two attached hydrogens (primary N) is 1. The van der Waals surface area contributed by atoms with Crippen molar-refractivity contribution >= 4 is 24.0 Å². The molecule has 0 saturated heterocycles. The summed E-state index contributed by atoms with van der Waals surface area (Å²) in [5.41, 5.74) is 7.25. The van der Waals surface area contributed by atoms with Crippen molar-refractivity contribution in [1.82, 2.24) is 0 Å². The summed E-state index contributed by atoms with van der Waals surface area (Å²) in [4.78, 5) is 12.1. The zero-order chi connectivity index (χ0) is 13.0. The topological polar surface area (TPSA) is 64.3 Å². The van der Waals surface area contributed by atoms with Crippen LogP contribution in [-0.4, -0.2) is 18.6 Å². The van der Waals surface area contributed by atoms with Gasteiger partial charge in [0.25, 0.3) is 0 Å². The van der Waals surface area contributed by atoms with Crippen LogP contribution in [0.5, 0.6) is 0 Å². The minimum absolute atomic E-state index is 0. The summed E-state index contributed by atoms with van der Waals surface area (Å²) in [6, 6.07) is 7.66. The van der Waals surface area contributed by atoms with Crippen LogP contribution in [0, 0.1) is 0 Å². The molecule has 0 unspecified atom stereocenters. The van der Waals surface area contributed by atoms with Gasteiger partial charge in [-0.25, -0.2) is 0 Å². The first-order valence-corrected chi connectivity index (χ1v) is 6.32. The Kier molecular flexibility index (Phi) is 5.79. The van der Waals surface area contributed by atoms with Crippen LogP contribution in [0.25, 0.3) is 0 Å². The Hall–Kier alpha value is -1.10. The SMILES string of the molecule is COCc1cccc(NC(=O)C2(N)CCCC2)c1.Cl. The van der Waals surface area contributed by atoms with E-state index in [1.807, 2.05) is 24.3 Å². The number of methoxy groups -OCH3 is 1. The summed E-state index contributed by atoms with van der Waals surface area (Å²) < 4.78 is 5.07. The first kappa shape index (κ1) is 16.0. The van der Waals surface area contributed by atoms with E-state index in [-0.39, 0.29) is 18.3 Å². The number of halogens is 1. The Morgan fingerprint density at radius 3 is 2.74 bits per heavy atom. The molecule has 1 saturated carbocycles. The molecule has 0 aliphatic heterocycles. The highest BCUT2D eigenvalue weighted by atomic mass is 35.5. The van der Waals surface area contributed by atoms with Gasteiger partial charge in [0.2, 0.25) is 5.91 Å². The smallest absolute Gasteiger partial charge is 0.244 e. The molecule has 3 N–H and O–H groups in total. The highest BCUT2D eigenvalue weighted by Gasteiger charge is 2.36. The summed E-state index contributed by atoms with van der Waals surface area (Å²) >= 11 is 0. The van der Waals surface area contributed by atoms with Crippen molar-refractivity contribution in [3.05, 3.63) is 29.8 Å². The van der Waals surface area contributed by atoms with Crippen molar-refractivity contribution in [2.45, 2.75) is 37.8 Å². The third-order valence-electron chi connectivity index (χ3n) is 3.44. The van der Waals surface area contributed by atoms with E-state index in [2.05, 4.69) is 5.32 Å². The second-order valence-corrected chi connectivity index (χ2v) is 4.95. The lowest BCUT2D eigenvalue weighted by atomic mass is 9.98. The fourth-order valence-corrected chi connectivity index (χ4v) is 2.39. The quantitative estimate of drug-likeness (QED) is 0.893. The van der Waals surface area contributed by atoms with Crippen molar-refractivity contribution in [3.8, 4) is 0 Å². The van der Waals surface area contributed by atoms with Gasteiger partial charge in [-0.05, 0) is 30.5 Å². The van der Waals surface area contributed by atoms with Crippen LogP contribution in [-0.2, 0) is 16.1 Å². The average Bonchev–Trinajstić information content (AvgIpc) is 2.78. The second-order valence-electron chi connectivity index (χ2n) is 4.95. The molecule has 1 aromatic rings. The molecule has 2 rings (SSSR count). The van der Waals surface area contributed by atoms with E-state index in [0.29, 0.717) is 6.61 Å². The highest BCUT2D eigenvalue weighted by Crippen LogP contribution is 2.28. The van der Waals surface area contributed by atoms with Gasteiger partial charge in [-0.2, -0.15) is 0 Å². The van der Waals surface area contributed by atoms with Crippen LogP contribution >= 0.6 is 12.4 Å². The van der Waals surface area contributed by atoms with Gasteiger partial charge in [-0.3, -0.25) is 4.79 Å². The zero-order valence-corrected chi connectivity index (χ0v) is 12.0. The predicted molar refractivity (Wildman–Crippen MR) is 78.4 cm³/mol. The number of amides is 1. The molecule has 19 heavy (non-hydrogen) atoms. The molecule has 0 aromatic heterocycles. The van der Waals surface area contributed by atoms with E-state index in [0.717, 1.165) is 36.9 Å². The second kappa shape index (κ2) is 6.89. The van der Waals surface area contributed by atoms with Crippen LogP contribution in [0.2, 0.25) is 0 Å². The number of ether oxygens (including phenoxy) is 1. The van der Waals surface area contributed by atoms with Gasteiger partial charge in [0, 0.05) is 12.8 Å². The van der Waals surface area contributed by atoms with Crippen molar-refractivity contribution in [2.24, 2.45) is 5.73 Å². The normalized spacial score (nSPS) is 16.7. The van der Waals surface area contributed by atoms with Gasteiger partial charge in [0.05, 0.1) is 12.1 Å². The number of anilines is 1. The Morgan fingerprint density at radius 2 is 2.11 bits per heavy atom. The van der Waals surface area contributed by atoms with Crippen molar-refractivity contribution in [3.63, 3.8) is 0 Å². The fourth-order valence-electron chi connectivity index (χ4n) is 2.39. The Bertz CT molecular complexity index is 431. The summed E-state index contributed by atoms with van der Waals surface area (Å²) in [5.74, 6) is -0.0745. The summed E-state index contributed by atoms with van der Waals surface area (Å²) in [6.07, 6.45) is 3.62. The van der Waals surface area contributed by atoms with Gasteiger partial charge in [-0.15, -0.1) is 12.4 Å². The van der Waals surface area contributed by atoms with E-state index in [4.69, 9.17) is 10.5 Å². The Morgan fingerprint density at radius 1 is 1.42 bits per heavy atom. The van der Waals surface area contributed by atoms with E-state index in [9.17, 15) is 4.79 Å². The lowest BCUT2D eigenvalue weighted by Gasteiger charge is -2.22. The van der Waals surface area contributed by atoms with E-state index in [1.165, 1.54) is 0 Å². The van der Waals surface area contributed by atoms with Crippen LogP contribution in [0.3, 0.4) is 0 Å². The third kappa shape index (κ3) is 3.93. The molecular weight excluding hydrogens is 264 g/mol. The van der Waals surface area contributed by atoms with Crippen molar-refractivity contribution < 1.29 is 9.53 Å².